The summed E-state index contributed by atoms with van der Waals surface area (Å²) >= 11 is 5.31. The number of hydrogen-bond donors (Lipinski definition) is 1. The maximum Gasteiger partial charge on any atom is 0.237 e. The van der Waals surface area contributed by atoms with Gasteiger partial charge in [-0.25, -0.2) is 13.1 Å². The molecule has 15 heavy (non-hydrogen) atoms. The summed E-state index contributed by atoms with van der Waals surface area (Å²) < 4.78 is 24.6. The number of carbonyl (C=O) groups is 1. The maximum atomic E-state index is 11.5. The molecule has 0 bridgehead atoms. The molecule has 0 aromatic carbocycles. The number of rotatable bonds is 5. The van der Waals surface area contributed by atoms with Gasteiger partial charge in [0, 0.05) is 19.0 Å². The van der Waals surface area contributed by atoms with Crippen molar-refractivity contribution >= 4 is 27.5 Å². The molecule has 0 radical (unpaired) electrons. The number of halogens is 1. The lowest BCUT2D eigenvalue weighted by Crippen LogP contribution is -2.39. The lowest BCUT2D eigenvalue weighted by molar-refractivity contribution is -0.128. The zero-order valence-corrected chi connectivity index (χ0v) is 9.98. The highest BCUT2D eigenvalue weighted by molar-refractivity contribution is 7.89. The van der Waals surface area contributed by atoms with Gasteiger partial charge in [-0.3, -0.25) is 4.79 Å². The molecule has 1 aliphatic rings. The van der Waals surface area contributed by atoms with Crippen LogP contribution in [0.1, 0.15) is 12.8 Å². The van der Waals surface area contributed by atoms with Crippen LogP contribution in [0, 0.1) is 0 Å². The predicted octanol–water partition coefficient (Wildman–Crippen LogP) is -0.233. The fourth-order valence-electron chi connectivity index (χ4n) is 1.42. The lowest BCUT2D eigenvalue weighted by atomic mass is 10.4. The number of amides is 1. The Morgan fingerprint density at radius 1 is 1.33 bits per heavy atom. The first-order chi connectivity index (χ1) is 7.05. The van der Waals surface area contributed by atoms with Crippen LogP contribution in [0.4, 0.5) is 0 Å². The van der Waals surface area contributed by atoms with Crippen molar-refractivity contribution in [2.75, 3.05) is 31.3 Å². The molecule has 0 unspecified atom stereocenters. The molecule has 0 atom stereocenters. The molecule has 0 saturated carbocycles. The van der Waals surface area contributed by atoms with Gasteiger partial charge in [0.1, 0.15) is 0 Å². The Labute approximate surface area is 94.8 Å². The van der Waals surface area contributed by atoms with Crippen LogP contribution in [-0.2, 0) is 14.8 Å². The van der Waals surface area contributed by atoms with E-state index < -0.39 is 10.0 Å². The Balaban J connectivity index is 2.33. The Morgan fingerprint density at radius 2 is 1.93 bits per heavy atom. The number of sulfonamides is 1. The van der Waals surface area contributed by atoms with Gasteiger partial charge in [0.2, 0.25) is 15.9 Å². The number of hydrogen-bond acceptors (Lipinski definition) is 3. The van der Waals surface area contributed by atoms with Gasteiger partial charge in [-0.05, 0) is 12.8 Å². The van der Waals surface area contributed by atoms with Crippen molar-refractivity contribution < 1.29 is 13.2 Å². The van der Waals surface area contributed by atoms with Gasteiger partial charge in [0.05, 0.1) is 12.3 Å². The average molecular weight is 255 g/mol. The first kappa shape index (κ1) is 12.7. The highest BCUT2D eigenvalue weighted by Crippen LogP contribution is 2.06. The van der Waals surface area contributed by atoms with E-state index in [4.69, 9.17) is 11.6 Å². The highest BCUT2D eigenvalue weighted by Gasteiger charge is 2.19. The summed E-state index contributed by atoms with van der Waals surface area (Å²) in [5.74, 6) is -0.277. The van der Waals surface area contributed by atoms with Crippen molar-refractivity contribution in [2.45, 2.75) is 12.8 Å². The summed E-state index contributed by atoms with van der Waals surface area (Å²) in [6.45, 7) is 1.31. The van der Waals surface area contributed by atoms with Gasteiger partial charge in [0.15, 0.2) is 0 Å². The van der Waals surface area contributed by atoms with Crippen LogP contribution in [0.2, 0.25) is 0 Å². The van der Waals surface area contributed by atoms with Gasteiger partial charge in [-0.1, -0.05) is 0 Å². The molecule has 5 nitrogen and oxygen atoms in total. The quantitative estimate of drug-likeness (QED) is 0.689. The van der Waals surface area contributed by atoms with Gasteiger partial charge in [-0.2, -0.15) is 0 Å². The van der Waals surface area contributed by atoms with Gasteiger partial charge >= 0.3 is 0 Å². The molecule has 1 aliphatic heterocycles. The molecule has 1 heterocycles. The van der Waals surface area contributed by atoms with E-state index in [-0.39, 0.29) is 24.1 Å². The minimum absolute atomic E-state index is 0.0350. The van der Waals surface area contributed by atoms with Crippen LogP contribution >= 0.6 is 11.6 Å². The molecule has 1 rings (SSSR count). The molecular weight excluding hydrogens is 240 g/mol. The van der Waals surface area contributed by atoms with E-state index in [2.05, 4.69) is 4.72 Å². The van der Waals surface area contributed by atoms with E-state index in [0.717, 1.165) is 25.9 Å². The predicted molar refractivity (Wildman–Crippen MR) is 58.3 cm³/mol. The number of carbonyl (C=O) groups excluding carboxylic acids is 1. The molecule has 1 saturated heterocycles. The zero-order chi connectivity index (χ0) is 11.3. The van der Waals surface area contributed by atoms with Crippen LogP contribution in [0.5, 0.6) is 0 Å². The minimum atomic E-state index is -3.39. The fraction of sp³-hybridized carbons (Fsp3) is 0.875. The standard InChI is InChI=1S/C8H15ClN2O3S/c9-3-6-15(13,14)10-7-8(12)11-4-1-2-5-11/h10H,1-7H2. The maximum absolute atomic E-state index is 11.5. The molecule has 1 fully saturated rings. The topological polar surface area (TPSA) is 66.5 Å². The van der Waals surface area contributed by atoms with E-state index in [1.54, 1.807) is 4.90 Å². The second-order valence-corrected chi connectivity index (χ2v) is 5.72. The van der Waals surface area contributed by atoms with Gasteiger partial charge < -0.3 is 4.90 Å². The van der Waals surface area contributed by atoms with Crippen molar-refractivity contribution in [3.8, 4) is 0 Å². The first-order valence-corrected chi connectivity index (χ1v) is 7.05. The van der Waals surface area contributed by atoms with E-state index in [0.29, 0.717) is 0 Å². The third-order valence-electron chi connectivity index (χ3n) is 2.25. The van der Waals surface area contributed by atoms with E-state index in [1.807, 2.05) is 0 Å². The summed E-state index contributed by atoms with van der Waals surface area (Å²) in [4.78, 5) is 13.1. The minimum Gasteiger partial charge on any atom is -0.342 e. The summed E-state index contributed by atoms with van der Waals surface area (Å²) in [6.07, 6.45) is 2.00. The average Bonchev–Trinajstić information content (AvgIpc) is 2.67. The van der Waals surface area contributed by atoms with Crippen molar-refractivity contribution in [1.82, 2.24) is 9.62 Å². The Morgan fingerprint density at radius 3 is 2.47 bits per heavy atom. The normalized spacial score (nSPS) is 17.0. The van der Waals surface area contributed by atoms with E-state index >= 15 is 0 Å². The second kappa shape index (κ2) is 5.67. The highest BCUT2D eigenvalue weighted by atomic mass is 35.5. The smallest absolute Gasteiger partial charge is 0.237 e. The summed E-state index contributed by atoms with van der Waals surface area (Å²) in [5.41, 5.74) is 0. The molecule has 7 heteroatoms. The Kier molecular flexibility index (Phi) is 4.82. The van der Waals surface area contributed by atoms with E-state index in [1.165, 1.54) is 0 Å². The van der Waals surface area contributed by atoms with Crippen molar-refractivity contribution in [2.24, 2.45) is 0 Å². The molecule has 0 aliphatic carbocycles. The van der Waals surface area contributed by atoms with Crippen molar-refractivity contribution in [3.63, 3.8) is 0 Å². The Bertz CT molecular complexity index is 312. The van der Waals surface area contributed by atoms with E-state index in [9.17, 15) is 13.2 Å². The summed E-state index contributed by atoms with van der Waals surface area (Å²) in [6, 6.07) is 0. The molecule has 88 valence electrons. The largest absolute Gasteiger partial charge is 0.342 e. The molecule has 0 aromatic rings. The third kappa shape index (κ3) is 4.36. The van der Waals surface area contributed by atoms with Gasteiger partial charge in [-0.15, -0.1) is 11.6 Å². The number of nitrogens with one attached hydrogen (secondary N) is 1. The molecule has 0 aromatic heterocycles. The van der Waals surface area contributed by atoms with Crippen molar-refractivity contribution in [1.29, 1.82) is 0 Å². The number of nitrogens with zero attached hydrogens (tertiary/aromatic N) is 1. The van der Waals surface area contributed by atoms with Gasteiger partial charge in [0.25, 0.3) is 0 Å². The van der Waals surface area contributed by atoms with Crippen LogP contribution in [0.3, 0.4) is 0 Å². The molecule has 1 amide bonds. The Hall–Kier alpha value is -0.330. The lowest BCUT2D eigenvalue weighted by Gasteiger charge is -2.15. The third-order valence-corrected chi connectivity index (χ3v) is 3.99. The summed E-state index contributed by atoms with van der Waals surface area (Å²) in [7, 11) is -3.39. The summed E-state index contributed by atoms with van der Waals surface area (Å²) in [5, 5.41) is 0. The monoisotopic (exact) mass is 254 g/mol. The second-order valence-electron chi connectivity index (χ2n) is 3.42. The van der Waals surface area contributed by atoms with Crippen LogP contribution in [-0.4, -0.2) is 50.5 Å². The van der Waals surface area contributed by atoms with Crippen molar-refractivity contribution in [3.05, 3.63) is 0 Å². The van der Waals surface area contributed by atoms with Crippen LogP contribution in [0.15, 0.2) is 0 Å². The molecule has 0 spiro atoms. The van der Waals surface area contributed by atoms with Crippen LogP contribution < -0.4 is 4.72 Å². The fourth-order valence-corrected chi connectivity index (χ4v) is 2.72. The molecule has 1 N–H and O–H groups in total. The first-order valence-electron chi connectivity index (χ1n) is 4.86. The number of likely N-dealkylation sites (tertiary alicyclic amines) is 1. The SMILES string of the molecule is O=C(CNS(=O)(=O)CCCl)N1CCCC1. The number of alkyl halides is 1. The molecular formula is C8H15ClN2O3S. The van der Waals surface area contributed by atoms with Crippen LogP contribution in [0.25, 0.3) is 0 Å². The zero-order valence-electron chi connectivity index (χ0n) is 8.41.